The molecule has 4 nitrogen and oxygen atoms in total. The Morgan fingerprint density at radius 2 is 2.11 bits per heavy atom. The van der Waals surface area contributed by atoms with Crippen LogP contribution in [0.1, 0.15) is 44.5 Å². The monoisotopic (exact) mass is 260 g/mol. The summed E-state index contributed by atoms with van der Waals surface area (Å²) in [6.07, 6.45) is 7.49. The lowest BCUT2D eigenvalue weighted by molar-refractivity contribution is 0.472. The molecule has 0 aliphatic rings. The molecule has 2 heterocycles. The summed E-state index contributed by atoms with van der Waals surface area (Å²) in [4.78, 5) is 0. The average molecular weight is 260 g/mol. The third-order valence-corrected chi connectivity index (χ3v) is 3.44. The van der Waals surface area contributed by atoms with Gasteiger partial charge < -0.3 is 9.88 Å². The summed E-state index contributed by atoms with van der Waals surface area (Å²) in [5.74, 6) is 0. The van der Waals surface area contributed by atoms with E-state index in [4.69, 9.17) is 0 Å². The molecule has 0 bridgehead atoms. The molecule has 0 fully saturated rings. The predicted molar refractivity (Wildman–Crippen MR) is 78.1 cm³/mol. The van der Waals surface area contributed by atoms with Crippen molar-refractivity contribution in [1.82, 2.24) is 19.7 Å². The van der Waals surface area contributed by atoms with Gasteiger partial charge >= 0.3 is 0 Å². The first kappa shape index (κ1) is 13.9. The second kappa shape index (κ2) is 6.57. The van der Waals surface area contributed by atoms with Crippen molar-refractivity contribution in [3.63, 3.8) is 0 Å². The highest BCUT2D eigenvalue weighted by Gasteiger charge is 2.05. The van der Waals surface area contributed by atoms with Crippen LogP contribution in [0.4, 0.5) is 0 Å². The first-order valence-electron chi connectivity index (χ1n) is 7.12. The zero-order valence-corrected chi connectivity index (χ0v) is 12.1. The van der Waals surface area contributed by atoms with Gasteiger partial charge in [0, 0.05) is 31.2 Å². The maximum atomic E-state index is 4.63. The van der Waals surface area contributed by atoms with E-state index < -0.39 is 0 Å². The predicted octanol–water partition coefficient (Wildman–Crippen LogP) is 2.81. The van der Waals surface area contributed by atoms with Crippen molar-refractivity contribution in [3.05, 3.63) is 42.0 Å². The summed E-state index contributed by atoms with van der Waals surface area (Å²) in [7, 11) is 0. The Hall–Kier alpha value is -1.55. The standard InChI is InChI=1S/C15H24N4/c1-4-13(3)19-9-7-15(17-19)12-18-8-6-14(11-18)10-16-5-2/h6-9,11,13,16H,4-5,10,12H2,1-3H3. The van der Waals surface area contributed by atoms with E-state index in [1.165, 1.54) is 5.56 Å². The molecule has 0 radical (unpaired) electrons. The fourth-order valence-electron chi connectivity index (χ4n) is 2.04. The van der Waals surface area contributed by atoms with Crippen molar-refractivity contribution in [2.24, 2.45) is 0 Å². The van der Waals surface area contributed by atoms with Gasteiger partial charge in [0.05, 0.1) is 12.2 Å². The molecule has 0 saturated carbocycles. The van der Waals surface area contributed by atoms with Crippen molar-refractivity contribution < 1.29 is 0 Å². The molecule has 0 amide bonds. The van der Waals surface area contributed by atoms with Crippen molar-refractivity contribution in [1.29, 1.82) is 0 Å². The van der Waals surface area contributed by atoms with Crippen molar-refractivity contribution in [2.75, 3.05) is 6.54 Å². The highest BCUT2D eigenvalue weighted by molar-refractivity contribution is 5.12. The summed E-state index contributed by atoms with van der Waals surface area (Å²) in [5.41, 5.74) is 2.44. The van der Waals surface area contributed by atoms with Gasteiger partial charge in [-0.25, -0.2) is 0 Å². The average Bonchev–Trinajstić information content (AvgIpc) is 3.05. The van der Waals surface area contributed by atoms with Gasteiger partial charge in [0.15, 0.2) is 0 Å². The van der Waals surface area contributed by atoms with Crippen LogP contribution in [0, 0.1) is 0 Å². The second-order valence-corrected chi connectivity index (χ2v) is 5.02. The van der Waals surface area contributed by atoms with Gasteiger partial charge in [-0.3, -0.25) is 4.68 Å². The van der Waals surface area contributed by atoms with E-state index >= 15 is 0 Å². The van der Waals surface area contributed by atoms with E-state index in [0.717, 1.165) is 31.7 Å². The number of aromatic nitrogens is 3. The fourth-order valence-corrected chi connectivity index (χ4v) is 2.04. The van der Waals surface area contributed by atoms with Crippen molar-refractivity contribution in [2.45, 2.75) is 46.3 Å². The Bertz CT molecular complexity index is 498. The Morgan fingerprint density at radius 1 is 1.26 bits per heavy atom. The molecule has 1 atom stereocenters. The van der Waals surface area contributed by atoms with E-state index in [-0.39, 0.29) is 0 Å². The summed E-state index contributed by atoms with van der Waals surface area (Å²) in [5, 5.41) is 7.96. The van der Waals surface area contributed by atoms with Crippen LogP contribution in [0.2, 0.25) is 0 Å². The van der Waals surface area contributed by atoms with Crippen molar-refractivity contribution in [3.8, 4) is 0 Å². The largest absolute Gasteiger partial charge is 0.348 e. The Labute approximate surface area is 115 Å². The molecular formula is C15H24N4. The van der Waals surface area contributed by atoms with E-state index in [1.54, 1.807) is 0 Å². The number of hydrogen-bond acceptors (Lipinski definition) is 2. The number of nitrogens with one attached hydrogen (secondary N) is 1. The van der Waals surface area contributed by atoms with Crippen LogP contribution >= 0.6 is 0 Å². The molecule has 2 aromatic rings. The molecule has 1 unspecified atom stereocenters. The molecule has 0 aliphatic carbocycles. The van der Waals surface area contributed by atoms with Crippen molar-refractivity contribution >= 4 is 0 Å². The van der Waals surface area contributed by atoms with Crippen LogP contribution in [0.25, 0.3) is 0 Å². The zero-order valence-electron chi connectivity index (χ0n) is 12.1. The van der Waals surface area contributed by atoms with E-state index in [0.29, 0.717) is 6.04 Å². The topological polar surface area (TPSA) is 34.8 Å². The normalized spacial score (nSPS) is 12.8. The molecule has 1 N–H and O–H groups in total. The molecule has 0 saturated heterocycles. The summed E-state index contributed by atoms with van der Waals surface area (Å²) in [6, 6.07) is 4.74. The zero-order chi connectivity index (χ0) is 13.7. The van der Waals surface area contributed by atoms with Gasteiger partial charge in [-0.05, 0) is 37.6 Å². The van der Waals surface area contributed by atoms with E-state index in [1.807, 2.05) is 0 Å². The van der Waals surface area contributed by atoms with Gasteiger partial charge in [-0.2, -0.15) is 5.10 Å². The first-order chi connectivity index (χ1) is 9.22. The quantitative estimate of drug-likeness (QED) is 0.830. The van der Waals surface area contributed by atoms with Crippen LogP contribution in [0.3, 0.4) is 0 Å². The van der Waals surface area contributed by atoms with E-state index in [9.17, 15) is 0 Å². The second-order valence-electron chi connectivity index (χ2n) is 5.02. The lowest BCUT2D eigenvalue weighted by Gasteiger charge is -2.08. The fraction of sp³-hybridized carbons (Fsp3) is 0.533. The van der Waals surface area contributed by atoms with Gasteiger partial charge in [-0.1, -0.05) is 13.8 Å². The van der Waals surface area contributed by atoms with Gasteiger partial charge in [0.2, 0.25) is 0 Å². The van der Waals surface area contributed by atoms with Crippen LogP contribution in [-0.2, 0) is 13.1 Å². The molecular weight excluding hydrogens is 236 g/mol. The van der Waals surface area contributed by atoms with Crippen LogP contribution in [0.5, 0.6) is 0 Å². The molecule has 4 heteroatoms. The Morgan fingerprint density at radius 3 is 2.84 bits per heavy atom. The van der Waals surface area contributed by atoms with Crippen LogP contribution in [0.15, 0.2) is 30.7 Å². The summed E-state index contributed by atoms with van der Waals surface area (Å²) in [6.45, 7) is 9.29. The van der Waals surface area contributed by atoms with Gasteiger partial charge in [0.25, 0.3) is 0 Å². The molecule has 19 heavy (non-hydrogen) atoms. The molecule has 2 rings (SSSR count). The highest BCUT2D eigenvalue weighted by atomic mass is 15.3. The highest BCUT2D eigenvalue weighted by Crippen LogP contribution is 2.10. The maximum Gasteiger partial charge on any atom is 0.0821 e. The SMILES string of the molecule is CCNCc1ccn(Cc2ccn(C(C)CC)n2)c1. The third-order valence-electron chi connectivity index (χ3n) is 3.44. The van der Waals surface area contributed by atoms with Gasteiger partial charge in [-0.15, -0.1) is 0 Å². The lowest BCUT2D eigenvalue weighted by atomic mass is 10.3. The van der Waals surface area contributed by atoms with Crippen LogP contribution < -0.4 is 5.32 Å². The minimum Gasteiger partial charge on any atom is -0.348 e. The summed E-state index contributed by atoms with van der Waals surface area (Å²) >= 11 is 0. The number of nitrogens with zero attached hydrogens (tertiary/aromatic N) is 3. The number of rotatable bonds is 7. The number of hydrogen-bond donors (Lipinski definition) is 1. The maximum absolute atomic E-state index is 4.63. The molecule has 0 aliphatic heterocycles. The minimum atomic E-state index is 0.475. The van der Waals surface area contributed by atoms with Gasteiger partial charge in [0.1, 0.15) is 0 Å². The minimum absolute atomic E-state index is 0.475. The Balaban J connectivity index is 1.96. The molecule has 0 spiro atoms. The first-order valence-corrected chi connectivity index (χ1v) is 7.12. The summed E-state index contributed by atoms with van der Waals surface area (Å²) < 4.78 is 4.24. The molecule has 0 aromatic carbocycles. The molecule has 2 aromatic heterocycles. The molecule has 104 valence electrons. The third kappa shape index (κ3) is 3.70. The van der Waals surface area contributed by atoms with Crippen LogP contribution in [-0.4, -0.2) is 20.9 Å². The van der Waals surface area contributed by atoms with E-state index in [2.05, 4.69) is 71.2 Å². The smallest absolute Gasteiger partial charge is 0.0821 e. The Kier molecular flexibility index (Phi) is 4.80. The lowest BCUT2D eigenvalue weighted by Crippen LogP contribution is -2.11.